The van der Waals surface area contributed by atoms with Crippen molar-refractivity contribution in [2.24, 2.45) is 0 Å². The average Bonchev–Trinajstić information content (AvgIpc) is 2.76. The van der Waals surface area contributed by atoms with Crippen molar-refractivity contribution in [1.82, 2.24) is 14.8 Å². The lowest BCUT2D eigenvalue weighted by Gasteiger charge is -2.21. The van der Waals surface area contributed by atoms with Crippen LogP contribution >= 0.6 is 0 Å². The zero-order valence-corrected chi connectivity index (χ0v) is 11.7. The summed E-state index contributed by atoms with van der Waals surface area (Å²) in [6.07, 6.45) is 4.15. The molecule has 2 aromatic rings. The molecule has 100 valence electrons. The minimum atomic E-state index is 0.274. The molecule has 4 nitrogen and oxygen atoms in total. The van der Waals surface area contributed by atoms with Gasteiger partial charge in [-0.25, -0.2) is 4.68 Å². The van der Waals surface area contributed by atoms with Gasteiger partial charge in [0.15, 0.2) is 0 Å². The van der Waals surface area contributed by atoms with Crippen molar-refractivity contribution >= 4 is 0 Å². The smallest absolute Gasteiger partial charge is 0.215 e. The predicted octanol–water partition coefficient (Wildman–Crippen LogP) is 2.99. The van der Waals surface area contributed by atoms with Crippen molar-refractivity contribution in [3.63, 3.8) is 0 Å². The third-order valence-electron chi connectivity index (χ3n) is 3.65. The van der Waals surface area contributed by atoms with Crippen LogP contribution in [-0.4, -0.2) is 20.9 Å². The molecule has 3 rings (SSSR count). The fraction of sp³-hybridized carbons (Fsp3) is 0.467. The topological polar surface area (TPSA) is 39.9 Å². The second-order valence-corrected chi connectivity index (χ2v) is 5.11. The lowest BCUT2D eigenvalue weighted by atomic mass is 10.1. The highest BCUT2D eigenvalue weighted by molar-refractivity contribution is 5.64. The van der Waals surface area contributed by atoms with Crippen LogP contribution in [0.3, 0.4) is 0 Å². The summed E-state index contributed by atoms with van der Waals surface area (Å²) < 4.78 is 7.86. The summed E-state index contributed by atoms with van der Waals surface area (Å²) in [5.41, 5.74) is 4.26. The first-order chi connectivity index (χ1) is 9.19. The van der Waals surface area contributed by atoms with Crippen LogP contribution in [0.2, 0.25) is 0 Å². The molecule has 0 N–H and O–H groups in total. The Labute approximate surface area is 113 Å². The van der Waals surface area contributed by atoms with E-state index in [0.29, 0.717) is 0 Å². The van der Waals surface area contributed by atoms with Crippen molar-refractivity contribution in [3.05, 3.63) is 29.6 Å². The van der Waals surface area contributed by atoms with E-state index in [1.165, 1.54) is 0 Å². The highest BCUT2D eigenvalue weighted by atomic mass is 16.5. The van der Waals surface area contributed by atoms with Gasteiger partial charge in [0.1, 0.15) is 5.69 Å². The summed E-state index contributed by atoms with van der Waals surface area (Å²) >= 11 is 0. The van der Waals surface area contributed by atoms with Crippen LogP contribution < -0.4 is 4.74 Å². The van der Waals surface area contributed by atoms with Gasteiger partial charge in [0, 0.05) is 36.0 Å². The third kappa shape index (κ3) is 2.11. The van der Waals surface area contributed by atoms with Gasteiger partial charge >= 0.3 is 0 Å². The van der Waals surface area contributed by atoms with E-state index in [2.05, 4.69) is 43.0 Å². The molecule has 4 heteroatoms. The number of aromatic nitrogens is 3. The molecule has 0 spiro atoms. The molecular formula is C15H19N3O. The molecule has 0 aliphatic carbocycles. The molecule has 0 saturated heterocycles. The summed E-state index contributed by atoms with van der Waals surface area (Å²) in [5.74, 6) is 0.910. The van der Waals surface area contributed by atoms with Gasteiger partial charge in [-0.05, 0) is 32.4 Å². The fourth-order valence-corrected chi connectivity index (χ4v) is 2.44. The van der Waals surface area contributed by atoms with Gasteiger partial charge in [-0.2, -0.15) is 5.10 Å². The summed E-state index contributed by atoms with van der Waals surface area (Å²) in [5, 5.41) is 4.66. The fourth-order valence-electron chi connectivity index (χ4n) is 2.44. The van der Waals surface area contributed by atoms with Crippen LogP contribution in [-0.2, 0) is 13.0 Å². The van der Waals surface area contributed by atoms with Crippen molar-refractivity contribution < 1.29 is 4.74 Å². The summed E-state index contributed by atoms with van der Waals surface area (Å²) in [4.78, 5) is 4.45. The number of rotatable bonds is 2. The molecule has 0 fully saturated rings. The lowest BCUT2D eigenvalue weighted by molar-refractivity contribution is 0.148. The molecule has 3 heterocycles. The van der Waals surface area contributed by atoms with Gasteiger partial charge < -0.3 is 4.74 Å². The molecule has 0 amide bonds. The van der Waals surface area contributed by atoms with Crippen LogP contribution in [0.1, 0.15) is 31.5 Å². The Morgan fingerprint density at radius 2 is 2.26 bits per heavy atom. The Morgan fingerprint density at radius 1 is 1.42 bits per heavy atom. The monoisotopic (exact) mass is 257 g/mol. The molecule has 19 heavy (non-hydrogen) atoms. The highest BCUT2D eigenvalue weighted by Crippen LogP contribution is 2.32. The van der Waals surface area contributed by atoms with Gasteiger partial charge in [0.25, 0.3) is 0 Å². The van der Waals surface area contributed by atoms with E-state index in [0.717, 1.165) is 47.8 Å². The summed E-state index contributed by atoms with van der Waals surface area (Å²) in [6, 6.07) is 4.16. The maximum absolute atomic E-state index is 5.89. The molecule has 0 bridgehead atoms. The minimum absolute atomic E-state index is 0.274. The number of hydrogen-bond donors (Lipinski definition) is 0. The van der Waals surface area contributed by atoms with E-state index in [1.807, 2.05) is 10.9 Å². The molecule has 0 radical (unpaired) electrons. The Kier molecular flexibility index (Phi) is 3.01. The van der Waals surface area contributed by atoms with Crippen molar-refractivity contribution in [2.45, 2.75) is 46.3 Å². The lowest BCUT2D eigenvalue weighted by Crippen LogP contribution is -2.23. The predicted molar refractivity (Wildman–Crippen MR) is 74.3 cm³/mol. The SMILES string of the molecule is CCc1ccc(-c2nn3c(c2C)O[C@@H](C)CC3)cn1. The normalized spacial score (nSPS) is 17.9. The third-order valence-corrected chi connectivity index (χ3v) is 3.65. The van der Waals surface area contributed by atoms with E-state index >= 15 is 0 Å². The Bertz CT molecular complexity index is 586. The van der Waals surface area contributed by atoms with Crippen molar-refractivity contribution in [3.8, 4) is 17.1 Å². The van der Waals surface area contributed by atoms with Gasteiger partial charge in [-0.15, -0.1) is 0 Å². The van der Waals surface area contributed by atoms with E-state index < -0.39 is 0 Å². The number of nitrogens with zero attached hydrogens (tertiary/aromatic N) is 3. The molecule has 0 saturated carbocycles. The van der Waals surface area contributed by atoms with E-state index in [-0.39, 0.29) is 6.10 Å². The molecule has 2 aromatic heterocycles. The van der Waals surface area contributed by atoms with E-state index in [9.17, 15) is 0 Å². The van der Waals surface area contributed by atoms with Crippen LogP contribution in [0.15, 0.2) is 18.3 Å². The Balaban J connectivity index is 2.01. The maximum atomic E-state index is 5.89. The van der Waals surface area contributed by atoms with Crippen LogP contribution in [0.5, 0.6) is 5.88 Å². The quantitative estimate of drug-likeness (QED) is 0.830. The molecule has 0 unspecified atom stereocenters. The zero-order valence-electron chi connectivity index (χ0n) is 11.7. The van der Waals surface area contributed by atoms with Gasteiger partial charge in [-0.3, -0.25) is 4.98 Å². The second kappa shape index (κ2) is 4.68. The molecule has 1 aliphatic rings. The first-order valence-corrected chi connectivity index (χ1v) is 6.88. The van der Waals surface area contributed by atoms with E-state index in [4.69, 9.17) is 4.74 Å². The Hall–Kier alpha value is -1.84. The Morgan fingerprint density at radius 3 is 2.95 bits per heavy atom. The standard InChI is InChI=1S/C15H19N3O/c1-4-13-6-5-12(9-16-13)14-11(3)15-18(17-14)8-7-10(2)19-15/h5-6,9-10H,4,7-8H2,1-3H3/t10-/m0/s1. The van der Waals surface area contributed by atoms with Crippen LogP contribution in [0.25, 0.3) is 11.3 Å². The highest BCUT2D eigenvalue weighted by Gasteiger charge is 2.23. The number of fused-ring (bicyclic) bond motifs is 1. The summed E-state index contributed by atoms with van der Waals surface area (Å²) in [6.45, 7) is 7.21. The van der Waals surface area contributed by atoms with E-state index in [1.54, 1.807) is 0 Å². The van der Waals surface area contributed by atoms with Crippen molar-refractivity contribution in [1.29, 1.82) is 0 Å². The molecule has 1 atom stereocenters. The second-order valence-electron chi connectivity index (χ2n) is 5.11. The first-order valence-electron chi connectivity index (χ1n) is 6.88. The average molecular weight is 257 g/mol. The number of ether oxygens (including phenoxy) is 1. The maximum Gasteiger partial charge on any atom is 0.215 e. The number of hydrogen-bond acceptors (Lipinski definition) is 3. The molecule has 0 aromatic carbocycles. The minimum Gasteiger partial charge on any atom is -0.475 e. The number of aryl methyl sites for hydroxylation is 2. The van der Waals surface area contributed by atoms with Gasteiger partial charge in [0.05, 0.1) is 6.10 Å². The van der Waals surface area contributed by atoms with Gasteiger partial charge in [0.2, 0.25) is 5.88 Å². The zero-order chi connectivity index (χ0) is 13.4. The summed E-state index contributed by atoms with van der Waals surface area (Å²) in [7, 11) is 0. The largest absolute Gasteiger partial charge is 0.475 e. The molecule has 1 aliphatic heterocycles. The van der Waals surface area contributed by atoms with Crippen LogP contribution in [0.4, 0.5) is 0 Å². The van der Waals surface area contributed by atoms with Crippen molar-refractivity contribution in [2.75, 3.05) is 0 Å². The number of pyridine rings is 1. The molecular weight excluding hydrogens is 238 g/mol. The first kappa shape index (κ1) is 12.2. The van der Waals surface area contributed by atoms with Gasteiger partial charge in [-0.1, -0.05) is 6.92 Å². The van der Waals surface area contributed by atoms with Crippen LogP contribution in [0, 0.1) is 6.92 Å².